The largest absolute Gasteiger partial charge is 0.391 e. The Balaban J connectivity index is 1.75. The topological polar surface area (TPSA) is 79.2 Å². The second kappa shape index (κ2) is 6.93. The van der Waals surface area contributed by atoms with Crippen molar-refractivity contribution in [1.29, 1.82) is 0 Å². The highest BCUT2D eigenvalue weighted by Crippen LogP contribution is 2.16. The van der Waals surface area contributed by atoms with E-state index in [0.29, 0.717) is 25.1 Å². The van der Waals surface area contributed by atoms with Crippen molar-refractivity contribution in [1.82, 2.24) is 20.4 Å². The molecule has 3 rings (SSSR count). The molecule has 3 N–H and O–H groups in total. The third-order valence-electron chi connectivity index (χ3n) is 4.28. The molecule has 0 radical (unpaired) electrons. The summed E-state index contributed by atoms with van der Waals surface area (Å²) in [6, 6.07) is 9.78. The first-order valence-corrected chi connectivity index (χ1v) is 8.00. The Hall–Kier alpha value is -2.18. The van der Waals surface area contributed by atoms with Gasteiger partial charge in [-0.1, -0.05) is 25.1 Å². The van der Waals surface area contributed by atoms with E-state index in [-0.39, 0.29) is 11.8 Å². The molecule has 23 heavy (non-hydrogen) atoms. The minimum Gasteiger partial charge on any atom is -0.391 e. The summed E-state index contributed by atoms with van der Waals surface area (Å²) in [6.07, 6.45) is 1.93. The number of carbonyl (C=O) groups is 1. The zero-order chi connectivity index (χ0) is 16.2. The number of aliphatic hydroxyl groups is 1. The molecule has 0 spiro atoms. The number of nitrogens with one attached hydrogen (secondary N) is 2. The lowest BCUT2D eigenvalue weighted by molar-refractivity contribution is 0.0926. The van der Waals surface area contributed by atoms with Crippen LogP contribution < -0.4 is 10.6 Å². The zero-order valence-electron chi connectivity index (χ0n) is 13.2. The lowest BCUT2D eigenvalue weighted by atomic mass is 10.1. The summed E-state index contributed by atoms with van der Waals surface area (Å²) in [7, 11) is 0. The first-order chi connectivity index (χ1) is 11.2. The average molecular weight is 314 g/mol. The number of aliphatic hydroxyl groups excluding tert-OH is 1. The van der Waals surface area contributed by atoms with Crippen LogP contribution in [0.2, 0.25) is 0 Å². The summed E-state index contributed by atoms with van der Waals surface area (Å²) in [6.45, 7) is 3.79. The van der Waals surface area contributed by atoms with Crippen LogP contribution in [0.1, 0.15) is 23.0 Å². The lowest BCUT2D eigenvalue weighted by Gasteiger charge is -2.14. The molecule has 1 saturated heterocycles. The molecule has 2 unspecified atom stereocenters. The number of carbonyl (C=O) groups excluding carboxylic acids is 1. The first kappa shape index (κ1) is 15.7. The van der Waals surface area contributed by atoms with Gasteiger partial charge in [-0.25, -0.2) is 4.68 Å². The highest BCUT2D eigenvalue weighted by atomic mass is 16.3. The van der Waals surface area contributed by atoms with Gasteiger partial charge in [-0.05, 0) is 18.6 Å². The normalized spacial score (nSPS) is 20.6. The fourth-order valence-electron chi connectivity index (χ4n) is 2.94. The molecule has 1 aromatic heterocycles. The molecule has 122 valence electrons. The summed E-state index contributed by atoms with van der Waals surface area (Å²) >= 11 is 0. The number of hydrogen-bond donors (Lipinski definition) is 3. The van der Waals surface area contributed by atoms with Gasteiger partial charge in [0.05, 0.1) is 29.2 Å². The molecule has 2 heterocycles. The van der Waals surface area contributed by atoms with Gasteiger partial charge in [0.15, 0.2) is 0 Å². The lowest BCUT2D eigenvalue weighted by Crippen LogP contribution is -2.34. The molecule has 6 nitrogen and oxygen atoms in total. The maximum absolute atomic E-state index is 12.5. The van der Waals surface area contributed by atoms with Gasteiger partial charge in [0.1, 0.15) is 0 Å². The fraction of sp³-hybridized carbons (Fsp3) is 0.412. The first-order valence-electron chi connectivity index (χ1n) is 8.00. The number of hydrogen-bond acceptors (Lipinski definition) is 4. The van der Waals surface area contributed by atoms with E-state index >= 15 is 0 Å². The summed E-state index contributed by atoms with van der Waals surface area (Å²) in [5.74, 6) is -0.0728. The molecule has 2 aromatic rings. The number of β-amino-alcohol motifs (C(OH)–C–C–N with tert-alkyl or cyclic N) is 1. The fourth-order valence-corrected chi connectivity index (χ4v) is 2.94. The number of para-hydroxylation sites is 1. The van der Waals surface area contributed by atoms with Crippen molar-refractivity contribution in [3.8, 4) is 5.69 Å². The van der Waals surface area contributed by atoms with E-state index in [2.05, 4.69) is 15.7 Å². The predicted octanol–water partition coefficient (Wildman–Crippen LogP) is 0.745. The molecule has 1 aromatic carbocycles. The number of aromatic nitrogens is 2. The van der Waals surface area contributed by atoms with Crippen molar-refractivity contribution in [3.63, 3.8) is 0 Å². The Morgan fingerprint density at radius 3 is 2.83 bits per heavy atom. The van der Waals surface area contributed by atoms with Crippen LogP contribution in [-0.2, 0) is 6.42 Å². The molecule has 1 aliphatic rings. The quantitative estimate of drug-likeness (QED) is 0.761. The predicted molar refractivity (Wildman–Crippen MR) is 87.6 cm³/mol. The van der Waals surface area contributed by atoms with Crippen molar-refractivity contribution in [3.05, 3.63) is 47.8 Å². The molecule has 1 fully saturated rings. The van der Waals surface area contributed by atoms with Crippen molar-refractivity contribution in [2.24, 2.45) is 5.92 Å². The van der Waals surface area contributed by atoms with Crippen LogP contribution in [0.25, 0.3) is 5.69 Å². The van der Waals surface area contributed by atoms with Crippen LogP contribution in [0.15, 0.2) is 36.5 Å². The third-order valence-corrected chi connectivity index (χ3v) is 4.28. The molecule has 0 saturated carbocycles. The molecule has 0 aliphatic carbocycles. The highest BCUT2D eigenvalue weighted by Gasteiger charge is 2.26. The second-order valence-electron chi connectivity index (χ2n) is 5.80. The van der Waals surface area contributed by atoms with Gasteiger partial charge in [0.25, 0.3) is 5.91 Å². The third kappa shape index (κ3) is 3.28. The van der Waals surface area contributed by atoms with Crippen LogP contribution in [0.5, 0.6) is 0 Å². The van der Waals surface area contributed by atoms with E-state index in [1.807, 2.05) is 37.3 Å². The molecule has 2 atom stereocenters. The van der Waals surface area contributed by atoms with Crippen molar-refractivity contribution >= 4 is 5.91 Å². The maximum Gasteiger partial charge on any atom is 0.254 e. The molecule has 6 heteroatoms. The standard InChI is InChI=1S/C17H22N4O2/c1-2-15-14(10-20-21(15)13-6-4-3-5-7-13)17(23)19-9-12-8-18-11-16(12)22/h3-7,10,12,16,18,22H,2,8-9,11H2,1H3,(H,19,23). The van der Waals surface area contributed by atoms with Gasteiger partial charge >= 0.3 is 0 Å². The van der Waals surface area contributed by atoms with Crippen LogP contribution in [-0.4, -0.2) is 46.5 Å². The van der Waals surface area contributed by atoms with E-state index in [9.17, 15) is 9.90 Å². The Kier molecular flexibility index (Phi) is 4.73. The van der Waals surface area contributed by atoms with Crippen molar-refractivity contribution < 1.29 is 9.90 Å². The molecular weight excluding hydrogens is 292 g/mol. The Bertz CT molecular complexity index is 668. The molecule has 1 amide bonds. The molecular formula is C17H22N4O2. The van der Waals surface area contributed by atoms with Crippen LogP contribution in [0.4, 0.5) is 0 Å². The molecule has 1 aliphatic heterocycles. The Morgan fingerprint density at radius 2 is 2.17 bits per heavy atom. The van der Waals surface area contributed by atoms with Crippen molar-refractivity contribution in [2.45, 2.75) is 19.4 Å². The van der Waals surface area contributed by atoms with Gasteiger partial charge in [-0.2, -0.15) is 5.10 Å². The van der Waals surface area contributed by atoms with Gasteiger partial charge in [-0.15, -0.1) is 0 Å². The van der Waals surface area contributed by atoms with E-state index in [0.717, 1.165) is 17.9 Å². The van der Waals surface area contributed by atoms with Gasteiger partial charge in [-0.3, -0.25) is 4.79 Å². The number of nitrogens with zero attached hydrogens (tertiary/aromatic N) is 2. The van der Waals surface area contributed by atoms with Gasteiger partial charge in [0, 0.05) is 25.6 Å². The van der Waals surface area contributed by atoms with E-state index in [4.69, 9.17) is 0 Å². The Morgan fingerprint density at radius 1 is 1.39 bits per heavy atom. The van der Waals surface area contributed by atoms with Gasteiger partial charge < -0.3 is 15.7 Å². The smallest absolute Gasteiger partial charge is 0.254 e. The molecule has 0 bridgehead atoms. The number of rotatable bonds is 5. The second-order valence-corrected chi connectivity index (χ2v) is 5.80. The summed E-state index contributed by atoms with van der Waals surface area (Å²) in [5.41, 5.74) is 2.43. The monoisotopic (exact) mass is 314 g/mol. The minimum atomic E-state index is -0.395. The minimum absolute atomic E-state index is 0.0631. The van der Waals surface area contributed by atoms with E-state index in [1.165, 1.54) is 0 Å². The van der Waals surface area contributed by atoms with E-state index < -0.39 is 6.10 Å². The zero-order valence-corrected chi connectivity index (χ0v) is 13.2. The van der Waals surface area contributed by atoms with Crippen LogP contribution >= 0.6 is 0 Å². The van der Waals surface area contributed by atoms with Crippen LogP contribution in [0.3, 0.4) is 0 Å². The SMILES string of the molecule is CCc1c(C(=O)NCC2CNCC2O)cnn1-c1ccccc1. The Labute approximate surface area is 135 Å². The van der Waals surface area contributed by atoms with Crippen molar-refractivity contribution in [2.75, 3.05) is 19.6 Å². The summed E-state index contributed by atoms with van der Waals surface area (Å²) in [4.78, 5) is 12.5. The average Bonchev–Trinajstić information content (AvgIpc) is 3.19. The number of benzene rings is 1. The van der Waals surface area contributed by atoms with E-state index in [1.54, 1.807) is 10.9 Å². The summed E-state index contributed by atoms with van der Waals surface area (Å²) in [5, 5.41) is 20.2. The van der Waals surface area contributed by atoms with Crippen LogP contribution in [0, 0.1) is 5.92 Å². The number of amides is 1. The summed E-state index contributed by atoms with van der Waals surface area (Å²) < 4.78 is 1.81. The maximum atomic E-state index is 12.5. The van der Waals surface area contributed by atoms with Gasteiger partial charge in [0.2, 0.25) is 0 Å². The highest BCUT2D eigenvalue weighted by molar-refractivity contribution is 5.95.